The molecule has 1 atom stereocenters. The number of likely N-dealkylation sites (tertiary alicyclic amines) is 1. The molecule has 0 radical (unpaired) electrons. The maximum atomic E-state index is 12.7. The summed E-state index contributed by atoms with van der Waals surface area (Å²) in [5.74, 6) is 0.773. The molecule has 29 heavy (non-hydrogen) atoms. The van der Waals surface area contributed by atoms with Crippen LogP contribution in [-0.2, 0) is 11.4 Å². The Hall–Kier alpha value is -2.98. The third kappa shape index (κ3) is 4.72. The molecule has 2 aromatic rings. The number of benzene rings is 1. The predicted octanol–water partition coefficient (Wildman–Crippen LogP) is 2.29. The molecule has 2 heterocycles. The molecule has 1 unspecified atom stereocenters. The van der Waals surface area contributed by atoms with Gasteiger partial charge in [0.15, 0.2) is 5.76 Å². The summed E-state index contributed by atoms with van der Waals surface area (Å²) in [6.45, 7) is 3.03. The van der Waals surface area contributed by atoms with E-state index in [1.165, 1.54) is 25.3 Å². The predicted molar refractivity (Wildman–Crippen MR) is 104 cm³/mol. The Morgan fingerprint density at radius 1 is 1.45 bits per heavy atom. The first-order valence-corrected chi connectivity index (χ1v) is 9.36. The average Bonchev–Trinajstić information content (AvgIpc) is 3.22. The van der Waals surface area contributed by atoms with Crippen LogP contribution in [0.3, 0.4) is 0 Å². The van der Waals surface area contributed by atoms with Gasteiger partial charge in [0, 0.05) is 24.1 Å². The summed E-state index contributed by atoms with van der Waals surface area (Å²) in [6.07, 6.45) is 1.63. The van der Waals surface area contributed by atoms with Gasteiger partial charge < -0.3 is 19.7 Å². The Morgan fingerprint density at radius 2 is 2.17 bits per heavy atom. The third-order valence-electron chi connectivity index (χ3n) is 5.26. The maximum Gasteiger partial charge on any atom is 0.271 e. The first-order chi connectivity index (χ1) is 13.9. The Bertz CT molecular complexity index is 875. The molecule has 1 aromatic carbocycles. The van der Waals surface area contributed by atoms with E-state index in [1.54, 1.807) is 13.0 Å². The lowest BCUT2D eigenvalue weighted by Gasteiger charge is -2.34. The first-order valence-electron chi connectivity index (χ1n) is 9.36. The van der Waals surface area contributed by atoms with Crippen LogP contribution < -0.4 is 10.1 Å². The standard InChI is InChI=1S/C19H24N4O6/c1-12(19(25)20-17-9-14(23(26)27)3-4-18(17)28-2)22-7-5-13(6-8-22)16-10-15(11-24)29-21-16/h3-4,9-10,12-13,24H,5-8,11H2,1-2H3,(H,20,25). The molecule has 2 N–H and O–H groups in total. The summed E-state index contributed by atoms with van der Waals surface area (Å²) in [4.78, 5) is 25.3. The van der Waals surface area contributed by atoms with Crippen molar-refractivity contribution in [2.45, 2.75) is 38.3 Å². The van der Waals surface area contributed by atoms with Crippen molar-refractivity contribution < 1.29 is 24.1 Å². The van der Waals surface area contributed by atoms with Crippen LogP contribution in [-0.4, -0.2) is 52.2 Å². The zero-order valence-electron chi connectivity index (χ0n) is 16.3. The monoisotopic (exact) mass is 404 g/mol. The zero-order chi connectivity index (χ0) is 21.0. The fourth-order valence-electron chi connectivity index (χ4n) is 3.49. The molecule has 1 aliphatic heterocycles. The van der Waals surface area contributed by atoms with E-state index in [0.29, 0.717) is 24.6 Å². The molecule has 0 bridgehead atoms. The van der Waals surface area contributed by atoms with E-state index in [4.69, 9.17) is 14.4 Å². The highest BCUT2D eigenvalue weighted by molar-refractivity contribution is 5.96. The van der Waals surface area contributed by atoms with Crippen molar-refractivity contribution in [3.8, 4) is 5.75 Å². The van der Waals surface area contributed by atoms with Crippen LogP contribution in [0.15, 0.2) is 28.8 Å². The number of carbonyl (C=O) groups excluding carboxylic acids is 1. The number of aliphatic hydroxyl groups excluding tert-OH is 1. The number of carbonyl (C=O) groups is 1. The van der Waals surface area contributed by atoms with Gasteiger partial charge in [0.25, 0.3) is 5.69 Å². The minimum absolute atomic E-state index is 0.121. The second-order valence-electron chi connectivity index (χ2n) is 6.99. The molecule has 10 nitrogen and oxygen atoms in total. The second kappa shape index (κ2) is 9.01. The number of hydrogen-bond acceptors (Lipinski definition) is 8. The number of aliphatic hydroxyl groups is 1. The fraction of sp³-hybridized carbons (Fsp3) is 0.474. The Kier molecular flexibility index (Phi) is 6.45. The van der Waals surface area contributed by atoms with Crippen molar-refractivity contribution in [2.24, 2.45) is 0 Å². The summed E-state index contributed by atoms with van der Waals surface area (Å²) >= 11 is 0. The second-order valence-corrected chi connectivity index (χ2v) is 6.99. The van der Waals surface area contributed by atoms with Crippen LogP contribution >= 0.6 is 0 Å². The van der Waals surface area contributed by atoms with Crippen molar-refractivity contribution in [1.82, 2.24) is 10.1 Å². The number of ether oxygens (including phenoxy) is 1. The number of non-ortho nitro benzene ring substituents is 1. The summed E-state index contributed by atoms with van der Waals surface area (Å²) in [7, 11) is 1.44. The average molecular weight is 404 g/mol. The van der Waals surface area contributed by atoms with Crippen LogP contribution in [0.5, 0.6) is 5.75 Å². The molecule has 0 saturated carbocycles. The SMILES string of the molecule is COc1ccc([N+](=O)[O-])cc1NC(=O)C(C)N1CCC(c2cc(CO)on2)CC1. The fourth-order valence-corrected chi connectivity index (χ4v) is 3.49. The van der Waals surface area contributed by atoms with E-state index in [9.17, 15) is 14.9 Å². The lowest BCUT2D eigenvalue weighted by Crippen LogP contribution is -2.45. The summed E-state index contributed by atoms with van der Waals surface area (Å²) in [5.41, 5.74) is 0.976. The molecule has 1 aliphatic rings. The number of nitrogens with one attached hydrogen (secondary N) is 1. The zero-order valence-corrected chi connectivity index (χ0v) is 16.3. The van der Waals surface area contributed by atoms with Crippen molar-refractivity contribution in [3.05, 3.63) is 45.8 Å². The number of nitrogens with zero attached hydrogens (tertiary/aromatic N) is 3. The summed E-state index contributed by atoms with van der Waals surface area (Å²) in [6, 6.07) is 5.44. The highest BCUT2D eigenvalue weighted by Gasteiger charge is 2.29. The van der Waals surface area contributed by atoms with E-state index < -0.39 is 11.0 Å². The number of methoxy groups -OCH3 is 1. The molecular weight excluding hydrogens is 380 g/mol. The molecule has 3 rings (SSSR count). The number of nitro groups is 1. The minimum Gasteiger partial charge on any atom is -0.495 e. The lowest BCUT2D eigenvalue weighted by molar-refractivity contribution is -0.384. The van der Waals surface area contributed by atoms with Gasteiger partial charge in [0.2, 0.25) is 5.91 Å². The molecule has 0 spiro atoms. The molecule has 1 saturated heterocycles. The quantitative estimate of drug-likeness (QED) is 0.531. The molecule has 0 aliphatic carbocycles. The third-order valence-corrected chi connectivity index (χ3v) is 5.26. The number of nitro benzene ring substituents is 1. The number of rotatable bonds is 7. The minimum atomic E-state index is -0.518. The van der Waals surface area contributed by atoms with Gasteiger partial charge in [-0.25, -0.2) is 0 Å². The van der Waals surface area contributed by atoms with Gasteiger partial charge in [-0.2, -0.15) is 0 Å². The highest BCUT2D eigenvalue weighted by Crippen LogP contribution is 2.31. The molecule has 10 heteroatoms. The van der Waals surface area contributed by atoms with Gasteiger partial charge in [-0.05, 0) is 38.9 Å². The highest BCUT2D eigenvalue weighted by atomic mass is 16.6. The maximum absolute atomic E-state index is 12.7. The molecule has 1 amide bonds. The van der Waals surface area contributed by atoms with Crippen molar-refractivity contribution in [3.63, 3.8) is 0 Å². The summed E-state index contributed by atoms with van der Waals surface area (Å²) in [5, 5.41) is 26.9. The Morgan fingerprint density at radius 3 is 2.76 bits per heavy atom. The number of amides is 1. The smallest absolute Gasteiger partial charge is 0.271 e. The number of anilines is 1. The van der Waals surface area contributed by atoms with Gasteiger partial charge >= 0.3 is 0 Å². The van der Waals surface area contributed by atoms with Gasteiger partial charge in [0.05, 0.1) is 29.5 Å². The van der Waals surface area contributed by atoms with E-state index in [-0.39, 0.29) is 29.8 Å². The molecule has 156 valence electrons. The van der Waals surface area contributed by atoms with Crippen molar-refractivity contribution in [2.75, 3.05) is 25.5 Å². The Balaban J connectivity index is 1.61. The Labute approximate surface area is 167 Å². The first kappa shape index (κ1) is 20.7. The van der Waals surface area contributed by atoms with Crippen molar-refractivity contribution in [1.29, 1.82) is 0 Å². The van der Waals surface area contributed by atoms with E-state index in [1.807, 2.05) is 0 Å². The number of aromatic nitrogens is 1. The van der Waals surface area contributed by atoms with Crippen LogP contribution in [0.25, 0.3) is 0 Å². The van der Waals surface area contributed by atoms with Gasteiger partial charge in [-0.1, -0.05) is 5.16 Å². The van der Waals surface area contributed by atoms with Crippen LogP contribution in [0, 0.1) is 10.1 Å². The molecular formula is C19H24N4O6. The normalized spacial score (nSPS) is 16.4. The van der Waals surface area contributed by atoms with E-state index >= 15 is 0 Å². The summed E-state index contributed by atoms with van der Waals surface area (Å²) < 4.78 is 10.3. The van der Waals surface area contributed by atoms with Crippen LogP contribution in [0.1, 0.15) is 37.1 Å². The molecule has 1 aromatic heterocycles. The largest absolute Gasteiger partial charge is 0.495 e. The number of piperidine rings is 1. The van der Waals surface area contributed by atoms with Crippen LogP contribution in [0.4, 0.5) is 11.4 Å². The van der Waals surface area contributed by atoms with E-state index in [0.717, 1.165) is 18.5 Å². The van der Waals surface area contributed by atoms with E-state index in [2.05, 4.69) is 15.4 Å². The van der Waals surface area contributed by atoms with Gasteiger partial charge in [-0.3, -0.25) is 19.8 Å². The van der Waals surface area contributed by atoms with Gasteiger partial charge in [-0.15, -0.1) is 0 Å². The number of hydrogen-bond donors (Lipinski definition) is 2. The van der Waals surface area contributed by atoms with Crippen molar-refractivity contribution >= 4 is 17.3 Å². The topological polar surface area (TPSA) is 131 Å². The van der Waals surface area contributed by atoms with Gasteiger partial charge in [0.1, 0.15) is 12.4 Å². The lowest BCUT2D eigenvalue weighted by atomic mass is 9.92. The van der Waals surface area contributed by atoms with Crippen LogP contribution in [0.2, 0.25) is 0 Å². The molecule has 1 fully saturated rings.